The first-order valence-corrected chi connectivity index (χ1v) is 13.9. The number of amides is 1. The normalized spacial score (nSPS) is 16.5. The molecule has 1 fully saturated rings. The van der Waals surface area contributed by atoms with Crippen LogP contribution in [0.4, 0.5) is 18.0 Å². The summed E-state index contributed by atoms with van der Waals surface area (Å²) in [5.74, 6) is -0.0128. The van der Waals surface area contributed by atoms with Crippen LogP contribution in [-0.4, -0.2) is 42.2 Å². The summed E-state index contributed by atoms with van der Waals surface area (Å²) in [5, 5.41) is 0. The molecule has 1 unspecified atom stereocenters. The van der Waals surface area contributed by atoms with Crippen LogP contribution < -0.4 is 4.74 Å². The molecule has 1 aromatic heterocycles. The summed E-state index contributed by atoms with van der Waals surface area (Å²) in [6.07, 6.45) is -4.19. The molecule has 0 aliphatic carbocycles. The number of ether oxygens (including phenoxy) is 3. The van der Waals surface area contributed by atoms with Gasteiger partial charge in [0, 0.05) is 17.5 Å². The number of hydrogen-bond acceptors (Lipinski definition) is 6. The summed E-state index contributed by atoms with van der Waals surface area (Å²) in [5.41, 5.74) is 4.78. The van der Waals surface area contributed by atoms with E-state index in [0.29, 0.717) is 22.4 Å². The van der Waals surface area contributed by atoms with E-state index in [4.69, 9.17) is 14.2 Å². The Hall–Kier alpha value is -4.86. The van der Waals surface area contributed by atoms with Crippen molar-refractivity contribution < 1.29 is 37.0 Å². The molecule has 0 N–H and O–H groups in total. The van der Waals surface area contributed by atoms with Gasteiger partial charge in [-0.3, -0.25) is 9.88 Å². The van der Waals surface area contributed by atoms with Gasteiger partial charge in [-0.05, 0) is 103 Å². The molecule has 7 nitrogen and oxygen atoms in total. The molecular formula is C34H31F3N2O5. The Kier molecular flexibility index (Phi) is 8.36. The summed E-state index contributed by atoms with van der Waals surface area (Å²) in [6, 6.07) is 17.2. The van der Waals surface area contributed by atoms with Gasteiger partial charge in [0.2, 0.25) is 0 Å². The lowest BCUT2D eigenvalue weighted by atomic mass is 9.91. The summed E-state index contributed by atoms with van der Waals surface area (Å²) in [6.45, 7) is 5.37. The lowest BCUT2D eigenvalue weighted by molar-refractivity contribution is -0.137. The van der Waals surface area contributed by atoms with Crippen LogP contribution in [0.3, 0.4) is 0 Å². The summed E-state index contributed by atoms with van der Waals surface area (Å²) in [4.78, 5) is 30.7. The number of carbonyl (C=O) groups is 2. The predicted molar refractivity (Wildman–Crippen MR) is 158 cm³/mol. The molecule has 5 rings (SSSR count). The van der Waals surface area contributed by atoms with Crippen molar-refractivity contribution in [1.29, 1.82) is 0 Å². The first-order valence-electron chi connectivity index (χ1n) is 13.9. The maximum absolute atomic E-state index is 13.9. The van der Waals surface area contributed by atoms with E-state index in [1.807, 2.05) is 32.0 Å². The average Bonchev–Trinajstić information content (AvgIpc) is 3.28. The van der Waals surface area contributed by atoms with E-state index in [-0.39, 0.29) is 12.1 Å². The highest BCUT2D eigenvalue weighted by Crippen LogP contribution is 2.41. The van der Waals surface area contributed by atoms with Crippen LogP contribution in [0.2, 0.25) is 0 Å². The predicted octanol–water partition coefficient (Wildman–Crippen LogP) is 7.93. The molecule has 4 aromatic rings. The van der Waals surface area contributed by atoms with Crippen molar-refractivity contribution in [2.45, 2.75) is 45.6 Å². The minimum absolute atomic E-state index is 0.125. The standard InChI is InChI=1S/C34H31F3N2O5/c1-19-14-24(32(40)43-5)6-9-27(19)22-7-11-30(42-4)29(17-22)28-10-8-26(34(35,36)37)16-25(28)18-39-21(3)31(44-33(39)41)23-12-13-38-20(2)15-23/h6-17,21,31H,18H2,1-5H3/t21?,31-/m0/s1. The molecule has 2 atom stereocenters. The zero-order chi connectivity index (χ0) is 31.8. The quantitative estimate of drug-likeness (QED) is 0.200. The molecule has 0 bridgehead atoms. The fraction of sp³-hybridized carbons (Fsp3) is 0.265. The highest BCUT2D eigenvalue weighted by molar-refractivity contribution is 5.91. The summed E-state index contributed by atoms with van der Waals surface area (Å²) < 4.78 is 57.9. The molecule has 0 radical (unpaired) electrons. The average molecular weight is 605 g/mol. The number of aryl methyl sites for hydroxylation is 2. The van der Waals surface area contributed by atoms with Crippen molar-refractivity contribution in [3.05, 3.63) is 106 Å². The number of halogens is 3. The highest BCUT2D eigenvalue weighted by atomic mass is 19.4. The van der Waals surface area contributed by atoms with Crippen molar-refractivity contribution in [3.8, 4) is 28.0 Å². The van der Waals surface area contributed by atoms with Gasteiger partial charge >= 0.3 is 18.2 Å². The van der Waals surface area contributed by atoms with E-state index >= 15 is 0 Å². The monoisotopic (exact) mass is 604 g/mol. The van der Waals surface area contributed by atoms with Crippen LogP contribution in [-0.2, 0) is 22.2 Å². The third kappa shape index (κ3) is 5.97. The fourth-order valence-corrected chi connectivity index (χ4v) is 5.57. The molecular weight excluding hydrogens is 573 g/mol. The molecule has 1 aliphatic rings. The van der Waals surface area contributed by atoms with E-state index < -0.39 is 35.9 Å². The third-order valence-electron chi connectivity index (χ3n) is 7.86. The van der Waals surface area contributed by atoms with E-state index in [2.05, 4.69) is 4.98 Å². The Morgan fingerprint density at radius 2 is 1.70 bits per heavy atom. The van der Waals surface area contributed by atoms with Crippen LogP contribution >= 0.6 is 0 Å². The Morgan fingerprint density at radius 1 is 0.955 bits per heavy atom. The van der Waals surface area contributed by atoms with Gasteiger partial charge in [0.15, 0.2) is 0 Å². The van der Waals surface area contributed by atoms with Gasteiger partial charge in [-0.1, -0.05) is 18.2 Å². The Balaban J connectivity index is 1.58. The van der Waals surface area contributed by atoms with E-state index in [9.17, 15) is 22.8 Å². The third-order valence-corrected chi connectivity index (χ3v) is 7.86. The van der Waals surface area contributed by atoms with Crippen LogP contribution in [0, 0.1) is 13.8 Å². The van der Waals surface area contributed by atoms with Crippen LogP contribution in [0.25, 0.3) is 22.3 Å². The number of esters is 1. The number of aromatic nitrogens is 1. The maximum Gasteiger partial charge on any atom is 0.416 e. The van der Waals surface area contributed by atoms with E-state index in [0.717, 1.165) is 40.1 Å². The lowest BCUT2D eigenvalue weighted by Crippen LogP contribution is -2.31. The molecule has 1 amide bonds. The van der Waals surface area contributed by atoms with Crippen LogP contribution in [0.5, 0.6) is 5.75 Å². The van der Waals surface area contributed by atoms with Crippen molar-refractivity contribution in [2.75, 3.05) is 14.2 Å². The number of methoxy groups -OCH3 is 2. The first kappa shape index (κ1) is 30.6. The van der Waals surface area contributed by atoms with Crippen molar-refractivity contribution in [3.63, 3.8) is 0 Å². The molecule has 44 heavy (non-hydrogen) atoms. The topological polar surface area (TPSA) is 78.0 Å². The lowest BCUT2D eigenvalue weighted by Gasteiger charge is -2.24. The van der Waals surface area contributed by atoms with Gasteiger partial charge < -0.3 is 14.2 Å². The minimum atomic E-state index is -4.59. The largest absolute Gasteiger partial charge is 0.496 e. The van der Waals surface area contributed by atoms with E-state index in [1.165, 1.54) is 25.2 Å². The number of hydrogen-bond donors (Lipinski definition) is 0. The smallest absolute Gasteiger partial charge is 0.416 e. The number of cyclic esters (lactones) is 1. The molecule has 228 valence electrons. The first-order chi connectivity index (χ1) is 20.9. The second-order valence-electron chi connectivity index (χ2n) is 10.7. The van der Waals surface area contributed by atoms with Crippen molar-refractivity contribution in [2.24, 2.45) is 0 Å². The Morgan fingerprint density at radius 3 is 2.36 bits per heavy atom. The van der Waals surface area contributed by atoms with E-state index in [1.54, 1.807) is 43.5 Å². The van der Waals surface area contributed by atoms with Crippen LogP contribution in [0.1, 0.15) is 51.3 Å². The number of carbonyl (C=O) groups excluding carboxylic acids is 2. The molecule has 10 heteroatoms. The SMILES string of the molecule is COC(=O)c1ccc(-c2ccc(OC)c(-c3ccc(C(F)(F)F)cc3CN3C(=O)O[C@H](c4ccnc(C)c4)C3C)c2)c(C)c1. The Bertz CT molecular complexity index is 1740. The number of alkyl halides is 3. The molecule has 2 heterocycles. The molecule has 1 saturated heterocycles. The second-order valence-corrected chi connectivity index (χ2v) is 10.7. The zero-order valence-corrected chi connectivity index (χ0v) is 24.9. The molecule has 0 spiro atoms. The van der Waals surface area contributed by atoms with Gasteiger partial charge in [-0.25, -0.2) is 9.59 Å². The second kappa shape index (κ2) is 12.0. The van der Waals surface area contributed by atoms with Crippen molar-refractivity contribution in [1.82, 2.24) is 9.88 Å². The fourth-order valence-electron chi connectivity index (χ4n) is 5.57. The summed E-state index contributed by atoms with van der Waals surface area (Å²) in [7, 11) is 2.80. The minimum Gasteiger partial charge on any atom is -0.496 e. The number of rotatable bonds is 7. The van der Waals surface area contributed by atoms with Crippen LogP contribution in [0.15, 0.2) is 72.9 Å². The van der Waals surface area contributed by atoms with Gasteiger partial charge in [0.1, 0.15) is 11.9 Å². The number of benzene rings is 3. The maximum atomic E-state index is 13.9. The van der Waals surface area contributed by atoms with Gasteiger partial charge in [0.05, 0.1) is 37.9 Å². The van der Waals surface area contributed by atoms with Gasteiger partial charge in [-0.15, -0.1) is 0 Å². The molecule has 3 aromatic carbocycles. The summed E-state index contributed by atoms with van der Waals surface area (Å²) >= 11 is 0. The molecule has 0 saturated carbocycles. The van der Waals surface area contributed by atoms with Gasteiger partial charge in [0.25, 0.3) is 0 Å². The Labute approximate surface area is 253 Å². The van der Waals surface area contributed by atoms with Crippen molar-refractivity contribution >= 4 is 12.1 Å². The highest BCUT2D eigenvalue weighted by Gasteiger charge is 2.40. The molecule has 1 aliphatic heterocycles. The number of pyridine rings is 1. The number of nitrogens with zero attached hydrogens (tertiary/aromatic N) is 2. The zero-order valence-electron chi connectivity index (χ0n) is 24.9. The van der Waals surface area contributed by atoms with Gasteiger partial charge in [-0.2, -0.15) is 13.2 Å².